The number of rotatable bonds is 4. The SMILES string of the molecule is Cc1cnc(NCc2ccn(C)n2)cc1[N+](=O)[O-]. The van der Waals surface area contributed by atoms with Crippen LogP contribution in [-0.4, -0.2) is 19.7 Å². The monoisotopic (exact) mass is 247 g/mol. The third-order valence-corrected chi connectivity index (χ3v) is 2.49. The summed E-state index contributed by atoms with van der Waals surface area (Å²) in [6.07, 6.45) is 3.32. The first-order valence-electron chi connectivity index (χ1n) is 5.39. The summed E-state index contributed by atoms with van der Waals surface area (Å²) >= 11 is 0. The van der Waals surface area contributed by atoms with Gasteiger partial charge in [-0.25, -0.2) is 4.98 Å². The van der Waals surface area contributed by atoms with Crippen LogP contribution in [0.5, 0.6) is 0 Å². The van der Waals surface area contributed by atoms with E-state index in [0.717, 1.165) is 5.69 Å². The molecule has 1 N–H and O–H groups in total. The van der Waals surface area contributed by atoms with Crippen LogP contribution in [-0.2, 0) is 13.6 Å². The molecule has 7 nitrogen and oxygen atoms in total. The maximum Gasteiger partial charge on any atom is 0.277 e. The Morgan fingerprint density at radius 3 is 2.94 bits per heavy atom. The minimum absolute atomic E-state index is 0.0634. The van der Waals surface area contributed by atoms with Crippen molar-refractivity contribution in [3.8, 4) is 0 Å². The van der Waals surface area contributed by atoms with Crippen LogP contribution < -0.4 is 5.32 Å². The van der Waals surface area contributed by atoms with E-state index in [1.165, 1.54) is 12.3 Å². The van der Waals surface area contributed by atoms with Gasteiger partial charge in [0.05, 0.1) is 23.2 Å². The van der Waals surface area contributed by atoms with Gasteiger partial charge in [0.1, 0.15) is 5.82 Å². The van der Waals surface area contributed by atoms with Crippen molar-refractivity contribution in [2.24, 2.45) is 7.05 Å². The Kier molecular flexibility index (Phi) is 3.22. The third kappa shape index (κ3) is 2.62. The van der Waals surface area contributed by atoms with Gasteiger partial charge in [-0.15, -0.1) is 0 Å². The van der Waals surface area contributed by atoms with E-state index in [0.29, 0.717) is 17.9 Å². The molecule has 0 spiro atoms. The number of anilines is 1. The highest BCUT2D eigenvalue weighted by atomic mass is 16.6. The van der Waals surface area contributed by atoms with Gasteiger partial charge in [-0.2, -0.15) is 5.10 Å². The summed E-state index contributed by atoms with van der Waals surface area (Å²) in [7, 11) is 1.83. The van der Waals surface area contributed by atoms with Gasteiger partial charge in [0, 0.05) is 25.0 Å². The Morgan fingerprint density at radius 2 is 2.33 bits per heavy atom. The number of aryl methyl sites for hydroxylation is 2. The molecule has 94 valence electrons. The van der Waals surface area contributed by atoms with Crippen LogP contribution in [0.4, 0.5) is 11.5 Å². The van der Waals surface area contributed by atoms with Gasteiger partial charge in [0.15, 0.2) is 0 Å². The van der Waals surface area contributed by atoms with Crippen molar-refractivity contribution in [3.63, 3.8) is 0 Å². The molecule has 0 saturated carbocycles. The van der Waals surface area contributed by atoms with Crippen LogP contribution in [0.3, 0.4) is 0 Å². The number of hydrogen-bond acceptors (Lipinski definition) is 5. The van der Waals surface area contributed by atoms with Gasteiger partial charge < -0.3 is 5.32 Å². The lowest BCUT2D eigenvalue weighted by Gasteiger charge is -2.04. The second-order valence-electron chi connectivity index (χ2n) is 3.95. The molecule has 0 bridgehead atoms. The average Bonchev–Trinajstić information content (AvgIpc) is 2.74. The van der Waals surface area contributed by atoms with E-state index in [1.54, 1.807) is 11.6 Å². The first-order valence-corrected chi connectivity index (χ1v) is 5.39. The zero-order chi connectivity index (χ0) is 13.1. The lowest BCUT2D eigenvalue weighted by atomic mass is 10.2. The van der Waals surface area contributed by atoms with Crippen LogP contribution >= 0.6 is 0 Å². The Hall–Kier alpha value is -2.44. The highest BCUT2D eigenvalue weighted by molar-refractivity contribution is 5.48. The molecule has 0 aliphatic carbocycles. The topological polar surface area (TPSA) is 85.9 Å². The van der Waals surface area contributed by atoms with Crippen molar-refractivity contribution in [1.29, 1.82) is 0 Å². The van der Waals surface area contributed by atoms with Crippen LogP contribution in [0.2, 0.25) is 0 Å². The molecule has 2 aromatic heterocycles. The summed E-state index contributed by atoms with van der Waals surface area (Å²) in [6, 6.07) is 3.30. The van der Waals surface area contributed by atoms with Crippen LogP contribution in [0.25, 0.3) is 0 Å². The summed E-state index contributed by atoms with van der Waals surface area (Å²) in [5.74, 6) is 0.470. The van der Waals surface area contributed by atoms with Crippen LogP contribution in [0.15, 0.2) is 24.5 Å². The maximum absolute atomic E-state index is 10.8. The molecular weight excluding hydrogens is 234 g/mol. The zero-order valence-corrected chi connectivity index (χ0v) is 10.1. The van der Waals surface area contributed by atoms with E-state index >= 15 is 0 Å². The van der Waals surface area contributed by atoms with Crippen LogP contribution in [0, 0.1) is 17.0 Å². The summed E-state index contributed by atoms with van der Waals surface area (Å²) < 4.78 is 1.70. The Bertz CT molecular complexity index is 579. The summed E-state index contributed by atoms with van der Waals surface area (Å²) in [5, 5.41) is 18.0. The molecule has 2 aromatic rings. The average molecular weight is 247 g/mol. The van der Waals surface area contributed by atoms with Crippen molar-refractivity contribution in [1.82, 2.24) is 14.8 Å². The second-order valence-corrected chi connectivity index (χ2v) is 3.95. The van der Waals surface area contributed by atoms with E-state index in [4.69, 9.17) is 0 Å². The fourth-order valence-corrected chi connectivity index (χ4v) is 1.55. The Labute approximate surface area is 104 Å². The molecule has 0 fully saturated rings. The molecule has 0 unspecified atom stereocenters. The normalized spacial score (nSPS) is 10.3. The van der Waals surface area contributed by atoms with Gasteiger partial charge in [-0.05, 0) is 13.0 Å². The van der Waals surface area contributed by atoms with Crippen molar-refractivity contribution >= 4 is 11.5 Å². The lowest BCUT2D eigenvalue weighted by molar-refractivity contribution is -0.385. The van der Waals surface area contributed by atoms with E-state index in [-0.39, 0.29) is 5.69 Å². The fraction of sp³-hybridized carbons (Fsp3) is 0.273. The Balaban J connectivity index is 2.10. The smallest absolute Gasteiger partial charge is 0.277 e. The molecule has 0 radical (unpaired) electrons. The third-order valence-electron chi connectivity index (χ3n) is 2.49. The predicted molar refractivity (Wildman–Crippen MR) is 66.2 cm³/mol. The molecule has 2 rings (SSSR count). The highest BCUT2D eigenvalue weighted by Gasteiger charge is 2.11. The number of pyridine rings is 1. The van der Waals surface area contributed by atoms with E-state index in [2.05, 4.69) is 15.4 Å². The van der Waals surface area contributed by atoms with E-state index < -0.39 is 4.92 Å². The number of aromatic nitrogens is 3. The molecule has 18 heavy (non-hydrogen) atoms. The summed E-state index contributed by atoms with van der Waals surface area (Å²) in [5.41, 5.74) is 1.46. The maximum atomic E-state index is 10.8. The second kappa shape index (κ2) is 4.82. The minimum Gasteiger partial charge on any atom is -0.364 e. The van der Waals surface area contributed by atoms with Gasteiger partial charge in [0.2, 0.25) is 0 Å². The van der Waals surface area contributed by atoms with Crippen molar-refractivity contribution in [2.75, 3.05) is 5.32 Å². The van der Waals surface area contributed by atoms with Crippen molar-refractivity contribution < 1.29 is 4.92 Å². The number of nitrogens with one attached hydrogen (secondary N) is 1. The molecule has 7 heteroatoms. The van der Waals surface area contributed by atoms with Gasteiger partial charge in [-0.3, -0.25) is 14.8 Å². The fourth-order valence-electron chi connectivity index (χ4n) is 1.55. The number of nitro groups is 1. The Morgan fingerprint density at radius 1 is 1.56 bits per heavy atom. The summed E-state index contributed by atoms with van der Waals surface area (Å²) in [6.45, 7) is 2.14. The molecule has 0 aliphatic rings. The zero-order valence-electron chi connectivity index (χ0n) is 10.1. The van der Waals surface area contributed by atoms with Gasteiger partial charge in [-0.1, -0.05) is 0 Å². The molecule has 0 amide bonds. The van der Waals surface area contributed by atoms with E-state index in [1.807, 2.05) is 19.3 Å². The molecule has 0 saturated heterocycles. The van der Waals surface area contributed by atoms with Gasteiger partial charge >= 0.3 is 0 Å². The minimum atomic E-state index is -0.414. The summed E-state index contributed by atoms with van der Waals surface area (Å²) in [4.78, 5) is 14.5. The van der Waals surface area contributed by atoms with Crippen molar-refractivity contribution in [2.45, 2.75) is 13.5 Å². The number of hydrogen-bond donors (Lipinski definition) is 1. The predicted octanol–water partition coefficient (Wildman–Crippen LogP) is 1.64. The lowest BCUT2D eigenvalue weighted by Crippen LogP contribution is -2.04. The number of nitrogens with zero attached hydrogens (tertiary/aromatic N) is 4. The quantitative estimate of drug-likeness (QED) is 0.655. The standard InChI is InChI=1S/C11H13N5O2/c1-8-6-12-11(5-10(8)16(17)18)13-7-9-3-4-15(2)14-9/h3-6H,7H2,1-2H3,(H,12,13). The van der Waals surface area contributed by atoms with Crippen molar-refractivity contribution in [3.05, 3.63) is 45.9 Å². The first-order chi connectivity index (χ1) is 8.56. The largest absolute Gasteiger partial charge is 0.364 e. The molecule has 0 atom stereocenters. The van der Waals surface area contributed by atoms with Crippen LogP contribution in [0.1, 0.15) is 11.3 Å². The molecule has 0 aliphatic heterocycles. The molecule has 2 heterocycles. The molecule has 0 aromatic carbocycles. The molecular formula is C11H13N5O2. The highest BCUT2D eigenvalue weighted by Crippen LogP contribution is 2.19. The van der Waals surface area contributed by atoms with Gasteiger partial charge in [0.25, 0.3) is 5.69 Å². The first kappa shape index (κ1) is 12.0. The van der Waals surface area contributed by atoms with E-state index in [9.17, 15) is 10.1 Å².